The summed E-state index contributed by atoms with van der Waals surface area (Å²) >= 11 is 6.36. The number of nitrogen functional groups attached to an aromatic ring is 1. The fourth-order valence-corrected chi connectivity index (χ4v) is 4.01. The Kier molecular flexibility index (Phi) is 6.95. The molecule has 0 bridgehead atoms. The molecule has 1 unspecified atom stereocenters. The summed E-state index contributed by atoms with van der Waals surface area (Å²) in [5, 5.41) is 4.14. The minimum atomic E-state index is -0.878. The van der Waals surface area contributed by atoms with Crippen molar-refractivity contribution in [3.05, 3.63) is 81.6 Å². The summed E-state index contributed by atoms with van der Waals surface area (Å²) in [4.78, 5) is 51.1. The predicted molar refractivity (Wildman–Crippen MR) is 136 cm³/mol. The number of benzene rings is 2. The first kappa shape index (κ1) is 24.8. The molecule has 1 atom stereocenters. The van der Waals surface area contributed by atoms with E-state index in [1.807, 2.05) is 13.0 Å². The number of fused-ring (bicyclic) bond motifs is 1. The van der Waals surface area contributed by atoms with Crippen molar-refractivity contribution >= 4 is 46.0 Å². The van der Waals surface area contributed by atoms with E-state index in [-0.39, 0.29) is 33.2 Å². The molecule has 5 N–H and O–H groups in total. The molecule has 0 radical (unpaired) electrons. The molecule has 2 heterocycles. The quantitative estimate of drug-likeness (QED) is 0.203. The maximum absolute atomic E-state index is 13.7. The fraction of sp³-hybridized carbons (Fsp3) is 0.167. The van der Waals surface area contributed by atoms with Crippen molar-refractivity contribution in [2.45, 2.75) is 26.3 Å². The normalized spacial score (nSPS) is 11.8. The van der Waals surface area contributed by atoms with Crippen LogP contribution in [0.3, 0.4) is 0 Å². The summed E-state index contributed by atoms with van der Waals surface area (Å²) in [6.45, 7) is 3.01. The highest BCUT2D eigenvalue weighted by molar-refractivity contribution is 6.35. The number of carbonyl (C=O) groups is 2. The molecule has 4 rings (SSSR count). The Morgan fingerprint density at radius 2 is 1.86 bits per heavy atom. The van der Waals surface area contributed by atoms with Crippen LogP contribution in [0.2, 0.25) is 5.02 Å². The van der Waals surface area contributed by atoms with Gasteiger partial charge >= 0.3 is 0 Å². The zero-order valence-electron chi connectivity index (χ0n) is 19.5. The number of para-hydroxylation sites is 1. The van der Waals surface area contributed by atoms with Gasteiger partial charge in [-0.05, 0) is 30.7 Å². The topological polar surface area (TPSA) is 162 Å². The lowest BCUT2D eigenvalue weighted by Crippen LogP contribution is -2.42. The van der Waals surface area contributed by atoms with Crippen molar-refractivity contribution in [2.75, 3.05) is 11.1 Å². The van der Waals surface area contributed by atoms with Crippen molar-refractivity contribution in [2.24, 2.45) is 5.84 Å². The van der Waals surface area contributed by atoms with Crippen molar-refractivity contribution in [1.29, 1.82) is 0 Å². The average molecular weight is 507 g/mol. The van der Waals surface area contributed by atoms with Gasteiger partial charge in [0, 0.05) is 6.92 Å². The SMILES string of the molecule is CCC(Nc1ncnc(N)c1C(=O)N(N)C(C)=O)c1nc2cccc(Cl)c2c(=O)n1-c1ccccc1. The number of hydrogen-bond acceptors (Lipinski definition) is 9. The number of nitrogens with one attached hydrogen (secondary N) is 1. The van der Waals surface area contributed by atoms with Gasteiger partial charge in [0.15, 0.2) is 0 Å². The molecule has 12 heteroatoms. The van der Waals surface area contributed by atoms with E-state index < -0.39 is 17.9 Å². The van der Waals surface area contributed by atoms with Gasteiger partial charge in [0.2, 0.25) is 5.91 Å². The predicted octanol–water partition coefficient (Wildman–Crippen LogP) is 2.84. The monoisotopic (exact) mass is 506 g/mol. The highest BCUT2D eigenvalue weighted by atomic mass is 35.5. The molecule has 2 aromatic carbocycles. The summed E-state index contributed by atoms with van der Waals surface area (Å²) < 4.78 is 1.46. The van der Waals surface area contributed by atoms with Gasteiger partial charge in [0.1, 0.15) is 29.4 Å². The summed E-state index contributed by atoms with van der Waals surface area (Å²) in [6.07, 6.45) is 1.61. The molecule has 0 aliphatic heterocycles. The Labute approximate surface area is 210 Å². The van der Waals surface area contributed by atoms with Crippen molar-refractivity contribution in [3.8, 4) is 5.69 Å². The van der Waals surface area contributed by atoms with Gasteiger partial charge < -0.3 is 11.1 Å². The van der Waals surface area contributed by atoms with Crippen molar-refractivity contribution < 1.29 is 9.59 Å². The number of aromatic nitrogens is 4. The summed E-state index contributed by atoms with van der Waals surface area (Å²) in [5.41, 5.74) is 6.43. The van der Waals surface area contributed by atoms with Crippen LogP contribution in [0.25, 0.3) is 16.6 Å². The number of nitrogens with zero attached hydrogens (tertiary/aromatic N) is 5. The van der Waals surface area contributed by atoms with Gasteiger partial charge in [-0.2, -0.15) is 0 Å². The number of nitrogens with two attached hydrogens (primary N) is 2. The van der Waals surface area contributed by atoms with Crippen LogP contribution in [-0.4, -0.2) is 36.3 Å². The Morgan fingerprint density at radius 1 is 1.14 bits per heavy atom. The second-order valence-electron chi connectivity index (χ2n) is 7.86. The van der Waals surface area contributed by atoms with Crippen LogP contribution in [0, 0.1) is 0 Å². The molecule has 2 aromatic heterocycles. The lowest BCUT2D eigenvalue weighted by atomic mass is 10.1. The molecular weight excluding hydrogens is 484 g/mol. The number of halogens is 1. The maximum atomic E-state index is 13.7. The Bertz CT molecular complexity index is 1520. The van der Waals surface area contributed by atoms with E-state index in [0.717, 1.165) is 6.92 Å². The maximum Gasteiger partial charge on any atom is 0.282 e. The lowest BCUT2D eigenvalue weighted by molar-refractivity contribution is -0.126. The third kappa shape index (κ3) is 4.49. The number of rotatable bonds is 6. The zero-order valence-corrected chi connectivity index (χ0v) is 20.2. The molecule has 0 aliphatic rings. The van der Waals surface area contributed by atoms with Crippen LogP contribution in [0.5, 0.6) is 0 Å². The van der Waals surface area contributed by atoms with E-state index in [0.29, 0.717) is 28.5 Å². The Hall–Kier alpha value is -4.35. The molecular formula is C24H23ClN8O3. The molecule has 0 spiro atoms. The number of anilines is 2. The first-order valence-corrected chi connectivity index (χ1v) is 11.4. The molecule has 0 saturated heterocycles. The van der Waals surface area contributed by atoms with E-state index in [1.165, 1.54) is 10.9 Å². The molecule has 184 valence electrons. The Morgan fingerprint density at radius 3 is 2.53 bits per heavy atom. The molecule has 11 nitrogen and oxygen atoms in total. The molecule has 36 heavy (non-hydrogen) atoms. The second-order valence-corrected chi connectivity index (χ2v) is 8.27. The fourth-order valence-electron chi connectivity index (χ4n) is 3.76. The Balaban J connectivity index is 1.91. The molecule has 4 aromatic rings. The van der Waals surface area contributed by atoms with E-state index in [2.05, 4.69) is 15.3 Å². The van der Waals surface area contributed by atoms with Gasteiger partial charge in [-0.25, -0.2) is 25.8 Å². The third-order valence-corrected chi connectivity index (χ3v) is 5.88. The van der Waals surface area contributed by atoms with Crippen molar-refractivity contribution in [1.82, 2.24) is 24.5 Å². The molecule has 0 saturated carbocycles. The van der Waals surface area contributed by atoms with Gasteiger partial charge in [-0.15, -0.1) is 0 Å². The highest BCUT2D eigenvalue weighted by Gasteiger charge is 2.27. The van der Waals surface area contributed by atoms with Gasteiger partial charge in [0.05, 0.1) is 27.7 Å². The number of hydrazine groups is 1. The van der Waals surface area contributed by atoms with Gasteiger partial charge in [0.25, 0.3) is 11.5 Å². The number of imide groups is 1. The zero-order chi connectivity index (χ0) is 26.0. The number of carbonyl (C=O) groups excluding carboxylic acids is 2. The number of amides is 2. The largest absolute Gasteiger partial charge is 0.383 e. The third-order valence-electron chi connectivity index (χ3n) is 5.57. The summed E-state index contributed by atoms with van der Waals surface area (Å²) in [7, 11) is 0. The van der Waals surface area contributed by atoms with E-state index >= 15 is 0 Å². The highest BCUT2D eigenvalue weighted by Crippen LogP contribution is 2.28. The van der Waals surface area contributed by atoms with Crippen LogP contribution in [-0.2, 0) is 4.79 Å². The van der Waals surface area contributed by atoms with Gasteiger partial charge in [-0.3, -0.25) is 19.0 Å². The number of hydrogen-bond donors (Lipinski definition) is 3. The first-order valence-electron chi connectivity index (χ1n) is 11.0. The molecule has 0 aliphatic carbocycles. The van der Waals surface area contributed by atoms with Crippen LogP contribution < -0.4 is 22.5 Å². The van der Waals surface area contributed by atoms with E-state index in [4.69, 9.17) is 28.2 Å². The van der Waals surface area contributed by atoms with E-state index in [9.17, 15) is 14.4 Å². The molecule has 2 amide bonds. The summed E-state index contributed by atoms with van der Waals surface area (Å²) in [6, 6.07) is 13.4. The van der Waals surface area contributed by atoms with E-state index in [1.54, 1.807) is 42.5 Å². The average Bonchev–Trinajstić information content (AvgIpc) is 2.86. The minimum Gasteiger partial charge on any atom is -0.383 e. The van der Waals surface area contributed by atoms with Crippen LogP contribution in [0.15, 0.2) is 59.7 Å². The lowest BCUT2D eigenvalue weighted by Gasteiger charge is -2.24. The van der Waals surface area contributed by atoms with Crippen LogP contribution >= 0.6 is 11.6 Å². The minimum absolute atomic E-state index is 0.0381. The smallest absolute Gasteiger partial charge is 0.282 e. The van der Waals surface area contributed by atoms with Crippen LogP contribution in [0.4, 0.5) is 11.6 Å². The first-order chi connectivity index (χ1) is 17.2. The standard InChI is InChI=1S/C24H23ClN8O3/c1-3-16(30-21-19(20(26)28-12-29-21)24(36)33(27)13(2)34)22-31-17-11-7-10-15(25)18(17)23(35)32(22)14-8-5-4-6-9-14/h4-12,16H,3,27H2,1-2H3,(H3,26,28,29,30). The molecule has 0 fully saturated rings. The van der Waals surface area contributed by atoms with Crippen molar-refractivity contribution in [3.63, 3.8) is 0 Å². The summed E-state index contributed by atoms with van der Waals surface area (Å²) in [5.74, 6) is 4.29. The van der Waals surface area contributed by atoms with Gasteiger partial charge in [-0.1, -0.05) is 42.8 Å². The van der Waals surface area contributed by atoms with Crippen LogP contribution in [0.1, 0.15) is 42.5 Å². The second kappa shape index (κ2) is 10.1.